The number of amides is 1. The summed E-state index contributed by atoms with van der Waals surface area (Å²) < 4.78 is 17.2. The second-order valence-corrected chi connectivity index (χ2v) is 8.90. The van der Waals surface area contributed by atoms with Crippen LogP contribution >= 0.6 is 0 Å². The average Bonchev–Trinajstić information content (AvgIpc) is 3.25. The molecule has 0 radical (unpaired) electrons. The molecular weight excluding hydrogens is 404 g/mol. The zero-order chi connectivity index (χ0) is 22.3. The first-order valence-corrected chi connectivity index (χ1v) is 11.0. The molecule has 0 saturated carbocycles. The van der Waals surface area contributed by atoms with E-state index in [0.717, 1.165) is 40.5 Å². The van der Waals surface area contributed by atoms with E-state index in [-0.39, 0.29) is 11.4 Å². The van der Waals surface area contributed by atoms with Gasteiger partial charge in [-0.3, -0.25) is 4.79 Å². The van der Waals surface area contributed by atoms with Crippen LogP contribution in [0.4, 0.5) is 0 Å². The lowest BCUT2D eigenvalue weighted by Crippen LogP contribution is -2.56. The van der Waals surface area contributed by atoms with Gasteiger partial charge in [0.05, 0.1) is 37.1 Å². The van der Waals surface area contributed by atoms with E-state index in [9.17, 15) is 4.79 Å². The smallest absolute Gasteiger partial charge is 0.262 e. The Hall–Kier alpha value is -3.21. The van der Waals surface area contributed by atoms with Crippen LogP contribution in [0.5, 0.6) is 11.5 Å². The van der Waals surface area contributed by atoms with Crippen molar-refractivity contribution in [3.63, 3.8) is 0 Å². The molecule has 0 aromatic heterocycles. The number of ether oxygens (including phenoxy) is 3. The number of rotatable bonds is 3. The molecule has 1 aromatic carbocycles. The Balaban J connectivity index is 1.64. The van der Waals surface area contributed by atoms with Crippen LogP contribution in [0.15, 0.2) is 65.1 Å². The summed E-state index contributed by atoms with van der Waals surface area (Å²) >= 11 is 0. The van der Waals surface area contributed by atoms with Gasteiger partial charge >= 0.3 is 0 Å². The SMILES string of the molecule is COc1ccc2c(c1)OCC1=C2N(C2=CCC=C2)CC=C=C1C(=O)N1CCOCC1(C)C. The Labute approximate surface area is 188 Å². The molecule has 0 spiro atoms. The Bertz CT molecular complexity index is 1120. The molecule has 1 fully saturated rings. The fourth-order valence-corrected chi connectivity index (χ4v) is 4.68. The minimum Gasteiger partial charge on any atom is -0.497 e. The van der Waals surface area contributed by atoms with E-state index >= 15 is 0 Å². The van der Waals surface area contributed by atoms with Crippen molar-refractivity contribution < 1.29 is 19.0 Å². The molecule has 3 heterocycles. The largest absolute Gasteiger partial charge is 0.497 e. The lowest BCUT2D eigenvalue weighted by molar-refractivity contribution is -0.141. The molecule has 1 aliphatic carbocycles. The number of carbonyl (C=O) groups excluding carboxylic acids is 1. The molecule has 32 heavy (non-hydrogen) atoms. The van der Waals surface area contributed by atoms with Crippen molar-refractivity contribution in [3.8, 4) is 11.5 Å². The molecule has 4 aliphatic rings. The predicted octanol–water partition coefficient (Wildman–Crippen LogP) is 3.68. The summed E-state index contributed by atoms with van der Waals surface area (Å²) in [6.45, 7) is 6.64. The number of allylic oxidation sites excluding steroid dienone is 3. The maximum absolute atomic E-state index is 13.8. The zero-order valence-electron chi connectivity index (χ0n) is 18.8. The summed E-state index contributed by atoms with van der Waals surface area (Å²) in [6, 6.07) is 5.86. The van der Waals surface area contributed by atoms with Crippen LogP contribution in [0.25, 0.3) is 5.70 Å². The minimum absolute atomic E-state index is 0.0274. The molecule has 1 amide bonds. The number of fused-ring (bicyclic) bond motifs is 2. The van der Waals surface area contributed by atoms with Gasteiger partial charge in [0.2, 0.25) is 0 Å². The highest BCUT2D eigenvalue weighted by molar-refractivity contribution is 6.01. The van der Waals surface area contributed by atoms with Crippen LogP contribution in [0, 0.1) is 0 Å². The van der Waals surface area contributed by atoms with E-state index < -0.39 is 0 Å². The molecule has 1 aromatic rings. The molecule has 0 atom stereocenters. The molecule has 0 unspecified atom stereocenters. The van der Waals surface area contributed by atoms with Crippen LogP contribution < -0.4 is 9.47 Å². The Morgan fingerprint density at radius 3 is 2.91 bits per heavy atom. The number of benzene rings is 1. The predicted molar refractivity (Wildman–Crippen MR) is 122 cm³/mol. The van der Waals surface area contributed by atoms with E-state index in [2.05, 4.69) is 28.9 Å². The van der Waals surface area contributed by atoms with Crippen LogP contribution in [-0.4, -0.2) is 61.3 Å². The van der Waals surface area contributed by atoms with Gasteiger partial charge in [0.15, 0.2) is 0 Å². The van der Waals surface area contributed by atoms with Crippen LogP contribution in [0.1, 0.15) is 25.8 Å². The third-order valence-corrected chi connectivity index (χ3v) is 6.36. The number of nitrogens with zero attached hydrogens (tertiary/aromatic N) is 2. The maximum atomic E-state index is 13.8. The molecule has 6 heteroatoms. The zero-order valence-corrected chi connectivity index (χ0v) is 18.8. The van der Waals surface area contributed by atoms with Gasteiger partial charge in [0, 0.05) is 36.0 Å². The highest BCUT2D eigenvalue weighted by Gasteiger charge is 2.39. The maximum Gasteiger partial charge on any atom is 0.262 e. The van der Waals surface area contributed by atoms with Crippen LogP contribution in [0.2, 0.25) is 0 Å². The van der Waals surface area contributed by atoms with Gasteiger partial charge in [-0.15, -0.1) is 5.73 Å². The third kappa shape index (κ3) is 3.46. The summed E-state index contributed by atoms with van der Waals surface area (Å²) in [6.07, 6.45) is 9.35. The van der Waals surface area contributed by atoms with Gasteiger partial charge in [-0.05, 0) is 44.6 Å². The topological polar surface area (TPSA) is 51.2 Å². The van der Waals surface area contributed by atoms with Gasteiger partial charge in [-0.25, -0.2) is 0 Å². The molecule has 1 saturated heterocycles. The van der Waals surface area contributed by atoms with Gasteiger partial charge < -0.3 is 24.0 Å². The molecule has 6 nitrogen and oxygen atoms in total. The number of hydrogen-bond donors (Lipinski definition) is 0. The van der Waals surface area contributed by atoms with E-state index in [1.54, 1.807) is 7.11 Å². The van der Waals surface area contributed by atoms with Crippen molar-refractivity contribution in [2.45, 2.75) is 25.8 Å². The summed E-state index contributed by atoms with van der Waals surface area (Å²) in [5, 5.41) is 0. The lowest BCUT2D eigenvalue weighted by Gasteiger charge is -2.42. The summed E-state index contributed by atoms with van der Waals surface area (Å²) in [7, 11) is 1.65. The summed E-state index contributed by atoms with van der Waals surface area (Å²) in [5.74, 6) is 1.48. The fraction of sp³-hybridized carbons (Fsp3) is 0.385. The molecule has 3 aliphatic heterocycles. The average molecular weight is 433 g/mol. The van der Waals surface area contributed by atoms with Crippen molar-refractivity contribution in [2.24, 2.45) is 0 Å². The van der Waals surface area contributed by atoms with Gasteiger partial charge in [-0.1, -0.05) is 12.2 Å². The Morgan fingerprint density at radius 2 is 2.16 bits per heavy atom. The molecule has 0 N–H and O–H groups in total. The van der Waals surface area contributed by atoms with E-state index in [1.807, 2.05) is 43.0 Å². The standard InChI is InChI=1S/C26H28N2O4/c1-26(2)17-31-14-13-28(26)25(29)20-9-6-12-27(18-7-4-5-8-18)24-21-11-10-19(30-3)15-23(21)32-16-22(20)24/h4,6-8,10-11,15H,5,12-14,16-17H2,1-3H3. The number of hydrogen-bond acceptors (Lipinski definition) is 5. The van der Waals surface area contributed by atoms with Crippen molar-refractivity contribution in [3.05, 3.63) is 70.6 Å². The third-order valence-electron chi connectivity index (χ3n) is 6.36. The monoisotopic (exact) mass is 432 g/mol. The Morgan fingerprint density at radius 1 is 1.28 bits per heavy atom. The van der Waals surface area contributed by atoms with Gasteiger partial charge in [-0.2, -0.15) is 0 Å². The first-order chi connectivity index (χ1) is 15.5. The fourth-order valence-electron chi connectivity index (χ4n) is 4.68. The van der Waals surface area contributed by atoms with Crippen molar-refractivity contribution in [1.29, 1.82) is 0 Å². The second kappa shape index (κ2) is 8.05. The van der Waals surface area contributed by atoms with E-state index in [4.69, 9.17) is 14.2 Å². The first-order valence-electron chi connectivity index (χ1n) is 11.0. The van der Waals surface area contributed by atoms with E-state index in [0.29, 0.717) is 38.5 Å². The quantitative estimate of drug-likeness (QED) is 0.682. The molecule has 0 bridgehead atoms. The minimum atomic E-state index is -0.381. The number of morpholine rings is 1. The van der Waals surface area contributed by atoms with Gasteiger partial charge in [0.1, 0.15) is 18.1 Å². The van der Waals surface area contributed by atoms with Crippen LogP contribution in [-0.2, 0) is 9.53 Å². The Kier molecular flexibility index (Phi) is 5.20. The number of carbonyl (C=O) groups is 1. The highest BCUT2D eigenvalue weighted by Crippen LogP contribution is 2.42. The summed E-state index contributed by atoms with van der Waals surface area (Å²) in [4.78, 5) is 18.0. The second-order valence-electron chi connectivity index (χ2n) is 8.90. The van der Waals surface area contributed by atoms with Crippen molar-refractivity contribution >= 4 is 11.6 Å². The first kappa shape index (κ1) is 20.7. The summed E-state index contributed by atoms with van der Waals surface area (Å²) in [5.41, 5.74) is 7.46. The van der Waals surface area contributed by atoms with Crippen LogP contribution in [0.3, 0.4) is 0 Å². The van der Waals surface area contributed by atoms with Crippen molar-refractivity contribution in [2.75, 3.05) is 40.0 Å². The number of methoxy groups -OCH3 is 1. The lowest BCUT2D eigenvalue weighted by atomic mass is 9.94. The molecular formula is C26H28N2O4. The van der Waals surface area contributed by atoms with E-state index in [1.165, 1.54) is 0 Å². The molecule has 166 valence electrons. The van der Waals surface area contributed by atoms with Crippen molar-refractivity contribution in [1.82, 2.24) is 9.80 Å². The molecule has 5 rings (SSSR count). The van der Waals surface area contributed by atoms with Gasteiger partial charge in [0.25, 0.3) is 5.91 Å². The normalized spacial score (nSPS) is 21.3. The highest BCUT2D eigenvalue weighted by atomic mass is 16.5.